The SMILES string of the molecule is CCOc1cc(CNCc2cn[nH]c2C)ccc1OCc1c(Cl)cccc1Cl. The molecule has 1 heterocycles. The lowest BCUT2D eigenvalue weighted by Gasteiger charge is -2.15. The van der Waals surface area contributed by atoms with Gasteiger partial charge in [0.15, 0.2) is 11.5 Å². The molecule has 5 nitrogen and oxygen atoms in total. The van der Waals surface area contributed by atoms with Crippen LogP contribution in [0.4, 0.5) is 0 Å². The van der Waals surface area contributed by atoms with Gasteiger partial charge in [-0.25, -0.2) is 0 Å². The van der Waals surface area contributed by atoms with Gasteiger partial charge < -0.3 is 14.8 Å². The van der Waals surface area contributed by atoms with Gasteiger partial charge in [-0.3, -0.25) is 5.10 Å². The van der Waals surface area contributed by atoms with Crippen molar-refractivity contribution in [3.8, 4) is 11.5 Å². The van der Waals surface area contributed by atoms with Crippen molar-refractivity contribution >= 4 is 23.2 Å². The van der Waals surface area contributed by atoms with E-state index in [4.69, 9.17) is 32.7 Å². The summed E-state index contributed by atoms with van der Waals surface area (Å²) in [6.45, 7) is 6.23. The third-order valence-corrected chi connectivity index (χ3v) is 5.03. The summed E-state index contributed by atoms with van der Waals surface area (Å²) in [7, 11) is 0. The molecular formula is C21H23Cl2N3O2. The number of hydrogen-bond donors (Lipinski definition) is 2. The Morgan fingerprint density at radius 2 is 1.82 bits per heavy atom. The first kappa shape index (κ1) is 20.5. The van der Waals surface area contributed by atoms with E-state index in [0.717, 1.165) is 28.9 Å². The lowest BCUT2D eigenvalue weighted by atomic mass is 10.2. The molecular weight excluding hydrogens is 397 g/mol. The van der Waals surface area contributed by atoms with Crippen LogP contribution in [0.5, 0.6) is 11.5 Å². The van der Waals surface area contributed by atoms with Crippen LogP contribution < -0.4 is 14.8 Å². The molecule has 0 atom stereocenters. The van der Waals surface area contributed by atoms with Gasteiger partial charge in [0.25, 0.3) is 0 Å². The third kappa shape index (κ3) is 5.19. The highest BCUT2D eigenvalue weighted by Crippen LogP contribution is 2.31. The Kier molecular flexibility index (Phi) is 7.20. The summed E-state index contributed by atoms with van der Waals surface area (Å²) in [5.74, 6) is 1.36. The number of hydrogen-bond acceptors (Lipinski definition) is 4. The maximum absolute atomic E-state index is 6.22. The molecule has 0 saturated carbocycles. The summed E-state index contributed by atoms with van der Waals surface area (Å²) in [4.78, 5) is 0. The minimum Gasteiger partial charge on any atom is -0.490 e. The van der Waals surface area contributed by atoms with Crippen LogP contribution in [0, 0.1) is 6.92 Å². The zero-order valence-electron chi connectivity index (χ0n) is 15.9. The first-order valence-electron chi connectivity index (χ1n) is 9.09. The maximum Gasteiger partial charge on any atom is 0.161 e. The lowest BCUT2D eigenvalue weighted by molar-refractivity contribution is 0.269. The highest BCUT2D eigenvalue weighted by atomic mass is 35.5. The standard InChI is InChI=1S/C21H23Cl2N3O2/c1-3-27-21-9-15(10-24-11-16-12-25-26-14(16)2)7-8-20(21)28-13-17-18(22)5-4-6-19(17)23/h4-9,12,24H,3,10-11,13H2,1-2H3,(H,25,26). The van der Waals surface area contributed by atoms with Crippen LogP contribution in [0.25, 0.3) is 0 Å². The Bertz CT molecular complexity index is 908. The van der Waals surface area contributed by atoms with E-state index in [0.29, 0.717) is 34.7 Å². The molecule has 3 aromatic rings. The largest absolute Gasteiger partial charge is 0.490 e. The summed E-state index contributed by atoms with van der Waals surface area (Å²) in [5, 5.41) is 11.6. The summed E-state index contributed by atoms with van der Waals surface area (Å²) in [6, 6.07) is 11.3. The summed E-state index contributed by atoms with van der Waals surface area (Å²) < 4.78 is 11.7. The molecule has 0 spiro atoms. The smallest absolute Gasteiger partial charge is 0.161 e. The van der Waals surface area contributed by atoms with E-state index in [2.05, 4.69) is 15.5 Å². The fraction of sp³-hybridized carbons (Fsp3) is 0.286. The van der Waals surface area contributed by atoms with Crippen molar-refractivity contribution in [2.24, 2.45) is 0 Å². The number of nitrogens with zero attached hydrogens (tertiary/aromatic N) is 1. The Morgan fingerprint density at radius 3 is 2.50 bits per heavy atom. The second kappa shape index (κ2) is 9.82. The Balaban J connectivity index is 1.65. The van der Waals surface area contributed by atoms with Gasteiger partial charge in [0.1, 0.15) is 6.61 Å². The normalized spacial score (nSPS) is 10.9. The molecule has 0 unspecified atom stereocenters. The Hall–Kier alpha value is -2.21. The van der Waals surface area contributed by atoms with Crippen LogP contribution in [-0.4, -0.2) is 16.8 Å². The van der Waals surface area contributed by atoms with Gasteiger partial charge in [-0.15, -0.1) is 0 Å². The first-order chi connectivity index (χ1) is 13.6. The highest BCUT2D eigenvalue weighted by Gasteiger charge is 2.11. The van der Waals surface area contributed by atoms with Crippen molar-refractivity contribution in [3.05, 3.63) is 75.0 Å². The molecule has 0 aliphatic rings. The molecule has 1 aromatic heterocycles. The molecule has 0 bridgehead atoms. The molecule has 0 aliphatic carbocycles. The second-order valence-corrected chi connectivity index (χ2v) is 7.14. The number of ether oxygens (including phenoxy) is 2. The molecule has 28 heavy (non-hydrogen) atoms. The van der Waals surface area contributed by atoms with Gasteiger partial charge in [0.05, 0.1) is 12.8 Å². The molecule has 3 rings (SSSR count). The summed E-state index contributed by atoms with van der Waals surface area (Å²) >= 11 is 12.4. The van der Waals surface area contributed by atoms with E-state index in [1.54, 1.807) is 12.1 Å². The van der Waals surface area contributed by atoms with Gasteiger partial charge in [-0.2, -0.15) is 5.10 Å². The lowest BCUT2D eigenvalue weighted by Crippen LogP contribution is -2.13. The molecule has 0 radical (unpaired) electrons. The van der Waals surface area contributed by atoms with E-state index in [1.165, 1.54) is 0 Å². The molecule has 7 heteroatoms. The molecule has 0 aliphatic heterocycles. The quantitative estimate of drug-likeness (QED) is 0.494. The molecule has 2 aromatic carbocycles. The predicted octanol–water partition coefficient (Wildman–Crippen LogP) is 5.29. The predicted molar refractivity (Wildman–Crippen MR) is 112 cm³/mol. The van der Waals surface area contributed by atoms with Crippen molar-refractivity contribution < 1.29 is 9.47 Å². The fourth-order valence-electron chi connectivity index (χ4n) is 2.77. The number of aromatic nitrogens is 2. The van der Waals surface area contributed by atoms with Crippen LogP contribution in [0.2, 0.25) is 10.0 Å². The van der Waals surface area contributed by atoms with Crippen molar-refractivity contribution in [2.45, 2.75) is 33.5 Å². The zero-order chi connectivity index (χ0) is 19.9. The summed E-state index contributed by atoms with van der Waals surface area (Å²) in [6.07, 6.45) is 1.84. The van der Waals surface area contributed by atoms with Crippen LogP contribution in [0.1, 0.15) is 29.3 Å². The third-order valence-electron chi connectivity index (χ3n) is 4.32. The van der Waals surface area contributed by atoms with Gasteiger partial charge in [0, 0.05) is 40.0 Å². The number of H-pyrrole nitrogens is 1. The van der Waals surface area contributed by atoms with Gasteiger partial charge in [-0.1, -0.05) is 35.3 Å². The molecule has 0 amide bonds. The Morgan fingerprint density at radius 1 is 1.04 bits per heavy atom. The second-order valence-electron chi connectivity index (χ2n) is 6.33. The number of nitrogens with one attached hydrogen (secondary N) is 2. The van der Waals surface area contributed by atoms with Crippen LogP contribution >= 0.6 is 23.2 Å². The van der Waals surface area contributed by atoms with E-state index < -0.39 is 0 Å². The van der Waals surface area contributed by atoms with Crippen LogP contribution in [-0.2, 0) is 19.7 Å². The first-order valence-corrected chi connectivity index (χ1v) is 9.85. The summed E-state index contributed by atoms with van der Waals surface area (Å²) in [5.41, 5.74) is 4.09. The van der Waals surface area contributed by atoms with Gasteiger partial charge in [0.2, 0.25) is 0 Å². The minimum atomic E-state index is 0.274. The number of aryl methyl sites for hydroxylation is 1. The topological polar surface area (TPSA) is 59.2 Å². The van der Waals surface area contributed by atoms with Crippen LogP contribution in [0.15, 0.2) is 42.6 Å². The number of halogens is 2. The van der Waals surface area contributed by atoms with Crippen LogP contribution in [0.3, 0.4) is 0 Å². The van der Waals surface area contributed by atoms with Crippen molar-refractivity contribution in [2.75, 3.05) is 6.61 Å². The van der Waals surface area contributed by atoms with E-state index >= 15 is 0 Å². The van der Waals surface area contributed by atoms with E-state index in [9.17, 15) is 0 Å². The van der Waals surface area contributed by atoms with E-state index in [-0.39, 0.29) is 6.61 Å². The molecule has 148 valence electrons. The average molecular weight is 420 g/mol. The minimum absolute atomic E-state index is 0.274. The zero-order valence-corrected chi connectivity index (χ0v) is 17.4. The molecule has 0 fully saturated rings. The van der Waals surface area contributed by atoms with Gasteiger partial charge in [-0.05, 0) is 43.7 Å². The Labute approximate surface area is 175 Å². The monoisotopic (exact) mass is 419 g/mol. The average Bonchev–Trinajstić information content (AvgIpc) is 3.08. The van der Waals surface area contributed by atoms with Gasteiger partial charge >= 0.3 is 0 Å². The number of aromatic amines is 1. The molecule has 2 N–H and O–H groups in total. The number of benzene rings is 2. The van der Waals surface area contributed by atoms with Crippen molar-refractivity contribution in [1.82, 2.24) is 15.5 Å². The highest BCUT2D eigenvalue weighted by molar-refractivity contribution is 6.35. The fourth-order valence-corrected chi connectivity index (χ4v) is 3.27. The molecule has 0 saturated heterocycles. The van der Waals surface area contributed by atoms with Crippen molar-refractivity contribution in [3.63, 3.8) is 0 Å². The van der Waals surface area contributed by atoms with Crippen molar-refractivity contribution in [1.29, 1.82) is 0 Å². The van der Waals surface area contributed by atoms with E-state index in [1.807, 2.05) is 44.3 Å². The number of rotatable bonds is 9. The maximum atomic E-state index is 6.22.